The quantitative estimate of drug-likeness (QED) is 0.297. The van der Waals surface area contributed by atoms with Gasteiger partial charge >= 0.3 is 10.1 Å². The first-order valence-corrected chi connectivity index (χ1v) is 11.9. The number of rotatable bonds is 5. The molecule has 166 valence electrons. The lowest BCUT2D eigenvalue weighted by Gasteiger charge is -2.11. The van der Waals surface area contributed by atoms with Gasteiger partial charge in [-0.15, -0.1) is 0 Å². The summed E-state index contributed by atoms with van der Waals surface area (Å²) in [6, 6.07) is 18.9. The van der Waals surface area contributed by atoms with E-state index in [1.54, 1.807) is 31.2 Å². The van der Waals surface area contributed by atoms with Crippen LogP contribution in [0.1, 0.15) is 28.4 Å². The van der Waals surface area contributed by atoms with E-state index in [9.17, 15) is 13.2 Å². The topological polar surface area (TPSA) is 74.6 Å². The molecule has 5 rings (SSSR count). The van der Waals surface area contributed by atoms with E-state index >= 15 is 0 Å². The summed E-state index contributed by atoms with van der Waals surface area (Å²) in [6.07, 6.45) is 3.72. The highest BCUT2D eigenvalue weighted by Crippen LogP contribution is 2.40. The van der Waals surface area contributed by atoms with Gasteiger partial charge in [-0.3, -0.25) is 4.79 Å². The summed E-state index contributed by atoms with van der Waals surface area (Å²) >= 11 is 0. The summed E-state index contributed by atoms with van der Waals surface area (Å²) in [5.74, 6) is 0.370. The van der Waals surface area contributed by atoms with Crippen molar-refractivity contribution < 1.29 is 22.1 Å². The van der Waals surface area contributed by atoms with Crippen LogP contribution >= 0.6 is 0 Å². The van der Waals surface area contributed by atoms with Gasteiger partial charge < -0.3 is 13.5 Å². The maximum absolute atomic E-state index is 13.0. The molecule has 1 aliphatic rings. The number of para-hydroxylation sites is 1. The molecule has 0 N–H and O–H groups in total. The predicted molar refractivity (Wildman–Crippen MR) is 126 cm³/mol. The Balaban J connectivity index is 1.50. The van der Waals surface area contributed by atoms with Gasteiger partial charge in [-0.05, 0) is 50.3 Å². The van der Waals surface area contributed by atoms with E-state index in [0.717, 1.165) is 23.0 Å². The van der Waals surface area contributed by atoms with Crippen molar-refractivity contribution in [1.82, 2.24) is 4.57 Å². The number of nitrogens with zero attached hydrogens (tertiary/aromatic N) is 1. The summed E-state index contributed by atoms with van der Waals surface area (Å²) < 4.78 is 38.7. The zero-order valence-electron chi connectivity index (χ0n) is 18.1. The number of benzene rings is 3. The third-order valence-corrected chi connectivity index (χ3v) is 6.96. The Bertz CT molecular complexity index is 1530. The molecule has 0 fully saturated rings. The lowest BCUT2D eigenvalue weighted by Crippen LogP contribution is -2.10. The van der Waals surface area contributed by atoms with Gasteiger partial charge in [0.25, 0.3) is 0 Å². The summed E-state index contributed by atoms with van der Waals surface area (Å²) in [4.78, 5) is 13.1. The lowest BCUT2D eigenvalue weighted by molar-refractivity contribution is 0.101. The first kappa shape index (κ1) is 21.0. The van der Waals surface area contributed by atoms with Crippen LogP contribution in [0.25, 0.3) is 17.0 Å². The van der Waals surface area contributed by atoms with Crippen LogP contribution in [0, 0.1) is 6.92 Å². The molecule has 0 bridgehead atoms. The molecule has 0 amide bonds. The average molecular weight is 460 g/mol. The number of carbonyl (C=O) groups excluding carboxylic acids is 1. The number of allylic oxidation sites excluding steroid dienone is 1. The Labute approximate surface area is 191 Å². The van der Waals surface area contributed by atoms with Crippen molar-refractivity contribution in [2.75, 3.05) is 0 Å². The van der Waals surface area contributed by atoms with Crippen molar-refractivity contribution in [3.63, 3.8) is 0 Å². The van der Waals surface area contributed by atoms with Crippen LogP contribution in [0.2, 0.25) is 0 Å². The minimum Gasteiger partial charge on any atom is -0.452 e. The van der Waals surface area contributed by atoms with Crippen molar-refractivity contribution in [1.29, 1.82) is 0 Å². The molecule has 0 spiro atoms. The van der Waals surface area contributed by atoms with E-state index in [4.69, 9.17) is 8.92 Å². The standard InChI is InChI=1S/C26H21NO5S/c1-3-27-16-18(20-11-7-8-12-22(20)27)15-24-25(28)21-13-14-23(17(2)26(21)31-24)32-33(29,30)19-9-5-4-6-10-19/h4-16H,3H2,1-2H3. The Kier molecular flexibility index (Phi) is 5.06. The molecule has 0 aliphatic carbocycles. The van der Waals surface area contributed by atoms with Gasteiger partial charge in [0.2, 0.25) is 5.78 Å². The van der Waals surface area contributed by atoms with Crippen LogP contribution in [-0.2, 0) is 16.7 Å². The maximum atomic E-state index is 13.0. The average Bonchev–Trinajstić information content (AvgIpc) is 3.34. The van der Waals surface area contributed by atoms with Gasteiger partial charge in [0.15, 0.2) is 5.76 Å². The molecule has 0 unspecified atom stereocenters. The van der Waals surface area contributed by atoms with Gasteiger partial charge in [0.05, 0.1) is 5.56 Å². The van der Waals surface area contributed by atoms with E-state index in [1.807, 2.05) is 30.5 Å². The smallest absolute Gasteiger partial charge is 0.339 e. The van der Waals surface area contributed by atoms with Crippen molar-refractivity contribution in [2.24, 2.45) is 0 Å². The second-order valence-corrected chi connectivity index (χ2v) is 9.29. The van der Waals surface area contributed by atoms with Crippen LogP contribution in [0.15, 0.2) is 83.6 Å². The summed E-state index contributed by atoms with van der Waals surface area (Å²) in [7, 11) is -4.01. The van der Waals surface area contributed by atoms with Gasteiger partial charge in [-0.1, -0.05) is 36.4 Å². The first-order valence-electron chi connectivity index (χ1n) is 10.5. The highest BCUT2D eigenvalue weighted by atomic mass is 32.2. The van der Waals surface area contributed by atoms with Crippen molar-refractivity contribution in [3.05, 3.63) is 95.4 Å². The van der Waals surface area contributed by atoms with Crippen LogP contribution in [0.4, 0.5) is 0 Å². The van der Waals surface area contributed by atoms with Crippen molar-refractivity contribution in [3.8, 4) is 11.5 Å². The number of hydrogen-bond acceptors (Lipinski definition) is 5. The number of hydrogen-bond donors (Lipinski definition) is 0. The molecule has 0 radical (unpaired) electrons. The molecule has 6 nitrogen and oxygen atoms in total. The van der Waals surface area contributed by atoms with Crippen LogP contribution in [0.3, 0.4) is 0 Å². The van der Waals surface area contributed by atoms with Gasteiger partial charge in [-0.25, -0.2) is 0 Å². The summed E-state index contributed by atoms with van der Waals surface area (Å²) in [6.45, 7) is 4.53. The minimum atomic E-state index is -4.01. The molecule has 1 aromatic heterocycles. The molecule has 0 saturated carbocycles. The largest absolute Gasteiger partial charge is 0.452 e. The third kappa shape index (κ3) is 3.60. The van der Waals surface area contributed by atoms with E-state index < -0.39 is 10.1 Å². The number of carbonyl (C=O) groups is 1. The Morgan fingerprint density at radius 2 is 1.73 bits per heavy atom. The molecule has 4 aromatic rings. The second-order valence-electron chi connectivity index (χ2n) is 7.74. The fourth-order valence-corrected chi connectivity index (χ4v) is 5.01. The van der Waals surface area contributed by atoms with E-state index in [-0.39, 0.29) is 22.2 Å². The molecule has 2 heterocycles. The monoisotopic (exact) mass is 459 g/mol. The Morgan fingerprint density at radius 1 is 1.00 bits per heavy atom. The summed E-state index contributed by atoms with van der Waals surface area (Å²) in [5, 5.41) is 1.02. The van der Waals surface area contributed by atoms with Gasteiger partial charge in [0, 0.05) is 34.8 Å². The molecular weight excluding hydrogens is 438 g/mol. The van der Waals surface area contributed by atoms with Crippen LogP contribution in [0.5, 0.6) is 11.5 Å². The fourth-order valence-electron chi connectivity index (χ4n) is 4.00. The lowest BCUT2D eigenvalue weighted by atomic mass is 10.1. The Hall–Kier alpha value is -3.84. The maximum Gasteiger partial charge on any atom is 0.339 e. The molecular formula is C26H21NO5S. The van der Waals surface area contributed by atoms with Crippen molar-refractivity contribution in [2.45, 2.75) is 25.3 Å². The molecule has 0 atom stereocenters. The predicted octanol–water partition coefficient (Wildman–Crippen LogP) is 5.35. The third-order valence-electron chi connectivity index (χ3n) is 5.71. The zero-order valence-corrected chi connectivity index (χ0v) is 18.9. The van der Waals surface area contributed by atoms with Gasteiger partial charge in [0.1, 0.15) is 16.4 Å². The molecule has 33 heavy (non-hydrogen) atoms. The molecule has 3 aromatic carbocycles. The Morgan fingerprint density at radius 3 is 2.48 bits per heavy atom. The number of aryl methyl sites for hydroxylation is 1. The normalized spacial score (nSPS) is 14.5. The van der Waals surface area contributed by atoms with Crippen LogP contribution < -0.4 is 8.92 Å². The van der Waals surface area contributed by atoms with Gasteiger partial charge in [-0.2, -0.15) is 8.42 Å². The molecule has 1 aliphatic heterocycles. The second kappa shape index (κ2) is 7.94. The number of fused-ring (bicyclic) bond motifs is 2. The number of aromatic nitrogens is 1. The van der Waals surface area contributed by atoms with E-state index in [2.05, 4.69) is 11.5 Å². The molecule has 7 heteroatoms. The SMILES string of the molecule is CCn1cc(C=C2Oc3c(ccc(OS(=O)(=O)c4ccccc4)c3C)C2=O)c2ccccc21. The van der Waals surface area contributed by atoms with Crippen LogP contribution in [-0.4, -0.2) is 18.8 Å². The summed E-state index contributed by atoms with van der Waals surface area (Å²) in [5.41, 5.74) is 2.78. The molecule has 0 saturated heterocycles. The van der Waals surface area contributed by atoms with E-state index in [0.29, 0.717) is 16.9 Å². The number of ether oxygens (including phenoxy) is 1. The van der Waals surface area contributed by atoms with E-state index in [1.165, 1.54) is 24.3 Å². The highest BCUT2D eigenvalue weighted by Gasteiger charge is 2.31. The fraction of sp³-hybridized carbons (Fsp3) is 0.115. The number of ketones is 1. The first-order chi connectivity index (χ1) is 15.9. The minimum absolute atomic E-state index is 0.0507. The van der Waals surface area contributed by atoms with Crippen molar-refractivity contribution >= 4 is 32.9 Å². The highest BCUT2D eigenvalue weighted by molar-refractivity contribution is 7.87. The number of Topliss-reactive ketones (excluding diaryl/α,β-unsaturated/α-hetero) is 1. The zero-order chi connectivity index (χ0) is 23.2.